The molecule has 2 aromatic carbocycles. The van der Waals surface area contributed by atoms with E-state index in [2.05, 4.69) is 15.3 Å². The quantitative estimate of drug-likeness (QED) is 0.751. The highest BCUT2D eigenvalue weighted by Gasteiger charge is 2.18. The number of carbonyl (C=O) groups excluding carboxylic acids is 1. The maximum absolute atomic E-state index is 13.7. The molecule has 0 aliphatic carbocycles. The van der Waals surface area contributed by atoms with Gasteiger partial charge in [-0.3, -0.25) is 4.79 Å². The Morgan fingerprint density at radius 1 is 1.25 bits per heavy atom. The number of halogens is 2. The fourth-order valence-corrected chi connectivity index (χ4v) is 2.73. The molecular weight excluding hydrogens is 312 g/mol. The number of imidazole rings is 1. The number of hydrogen-bond acceptors (Lipinski definition) is 2. The standard InChI is InChI=1S/C18H17F2N3O/c1-11(18-13(19)3-2-4-14(18)20)7-17(24)21-9-12-5-6-15-16(8-12)23-10-22-15/h2-6,8,10-11H,7,9H2,1H3,(H,21,24)(H,22,23). The van der Waals surface area contributed by atoms with E-state index in [1.807, 2.05) is 18.2 Å². The number of benzene rings is 2. The van der Waals surface area contributed by atoms with Crippen molar-refractivity contribution in [2.24, 2.45) is 0 Å². The minimum absolute atomic E-state index is 0.0180. The number of aromatic nitrogens is 2. The number of nitrogens with one attached hydrogen (secondary N) is 2. The van der Waals surface area contributed by atoms with E-state index in [1.165, 1.54) is 18.2 Å². The number of H-pyrrole nitrogens is 1. The first-order valence-corrected chi connectivity index (χ1v) is 7.67. The first kappa shape index (κ1) is 16.1. The molecule has 0 aliphatic rings. The van der Waals surface area contributed by atoms with Gasteiger partial charge in [0, 0.05) is 18.5 Å². The summed E-state index contributed by atoms with van der Waals surface area (Å²) in [7, 11) is 0. The van der Waals surface area contributed by atoms with Crippen LogP contribution in [0.4, 0.5) is 8.78 Å². The van der Waals surface area contributed by atoms with Gasteiger partial charge in [-0.15, -0.1) is 0 Å². The van der Waals surface area contributed by atoms with E-state index < -0.39 is 17.6 Å². The van der Waals surface area contributed by atoms with Crippen LogP contribution in [0.1, 0.15) is 30.4 Å². The van der Waals surface area contributed by atoms with Gasteiger partial charge in [-0.25, -0.2) is 13.8 Å². The van der Waals surface area contributed by atoms with Crippen molar-refractivity contribution in [2.75, 3.05) is 0 Å². The molecular formula is C18H17F2N3O. The summed E-state index contributed by atoms with van der Waals surface area (Å²) in [5.41, 5.74) is 2.62. The van der Waals surface area contributed by atoms with Crippen molar-refractivity contribution in [1.82, 2.24) is 15.3 Å². The molecule has 3 rings (SSSR count). The topological polar surface area (TPSA) is 57.8 Å². The number of amides is 1. The number of hydrogen-bond donors (Lipinski definition) is 2. The van der Waals surface area contributed by atoms with Crippen LogP contribution < -0.4 is 5.32 Å². The molecule has 0 saturated carbocycles. The normalized spacial score (nSPS) is 12.3. The van der Waals surface area contributed by atoms with Gasteiger partial charge < -0.3 is 10.3 Å². The summed E-state index contributed by atoms with van der Waals surface area (Å²) in [6.07, 6.45) is 1.63. The molecule has 1 aromatic heterocycles. The largest absolute Gasteiger partial charge is 0.352 e. The van der Waals surface area contributed by atoms with Gasteiger partial charge in [-0.2, -0.15) is 0 Å². The van der Waals surface area contributed by atoms with Gasteiger partial charge in [0.1, 0.15) is 11.6 Å². The second-order valence-corrected chi connectivity index (χ2v) is 5.77. The third-order valence-electron chi connectivity index (χ3n) is 3.96. The molecule has 4 nitrogen and oxygen atoms in total. The zero-order chi connectivity index (χ0) is 17.1. The van der Waals surface area contributed by atoms with E-state index in [-0.39, 0.29) is 17.9 Å². The lowest BCUT2D eigenvalue weighted by molar-refractivity contribution is -0.121. The van der Waals surface area contributed by atoms with Crippen LogP contribution in [0.15, 0.2) is 42.7 Å². The molecule has 3 aromatic rings. The van der Waals surface area contributed by atoms with Crippen LogP contribution >= 0.6 is 0 Å². The van der Waals surface area contributed by atoms with Crippen molar-refractivity contribution in [3.63, 3.8) is 0 Å². The Morgan fingerprint density at radius 2 is 2.00 bits per heavy atom. The molecule has 0 bridgehead atoms. The summed E-state index contributed by atoms with van der Waals surface area (Å²) in [5.74, 6) is -2.05. The third kappa shape index (κ3) is 3.42. The molecule has 1 atom stereocenters. The van der Waals surface area contributed by atoms with Gasteiger partial charge >= 0.3 is 0 Å². The lowest BCUT2D eigenvalue weighted by Crippen LogP contribution is -2.24. The average Bonchev–Trinajstić information content (AvgIpc) is 3.00. The average molecular weight is 329 g/mol. The lowest BCUT2D eigenvalue weighted by atomic mass is 9.96. The molecule has 24 heavy (non-hydrogen) atoms. The van der Waals surface area contributed by atoms with Crippen LogP contribution in [0.3, 0.4) is 0 Å². The summed E-state index contributed by atoms with van der Waals surface area (Å²) in [6, 6.07) is 9.36. The molecule has 124 valence electrons. The molecule has 2 N–H and O–H groups in total. The number of aromatic amines is 1. The molecule has 6 heteroatoms. The Kier molecular flexibility index (Phi) is 4.55. The second-order valence-electron chi connectivity index (χ2n) is 5.77. The van der Waals surface area contributed by atoms with E-state index in [4.69, 9.17) is 0 Å². The highest BCUT2D eigenvalue weighted by atomic mass is 19.1. The van der Waals surface area contributed by atoms with Crippen LogP contribution in [0, 0.1) is 11.6 Å². The van der Waals surface area contributed by atoms with Gasteiger partial charge in [0.05, 0.1) is 17.4 Å². The van der Waals surface area contributed by atoms with Crippen molar-refractivity contribution in [2.45, 2.75) is 25.8 Å². The highest BCUT2D eigenvalue weighted by Crippen LogP contribution is 2.25. The summed E-state index contributed by atoms with van der Waals surface area (Å²) >= 11 is 0. The van der Waals surface area contributed by atoms with E-state index in [0.29, 0.717) is 6.54 Å². The van der Waals surface area contributed by atoms with Crippen LogP contribution in [0.25, 0.3) is 11.0 Å². The summed E-state index contributed by atoms with van der Waals surface area (Å²) < 4.78 is 27.5. The van der Waals surface area contributed by atoms with E-state index in [0.717, 1.165) is 16.6 Å². The molecule has 1 amide bonds. The van der Waals surface area contributed by atoms with Crippen LogP contribution in [-0.4, -0.2) is 15.9 Å². The van der Waals surface area contributed by atoms with Crippen molar-refractivity contribution in [3.8, 4) is 0 Å². The number of nitrogens with zero attached hydrogens (tertiary/aromatic N) is 1. The fraction of sp³-hybridized carbons (Fsp3) is 0.222. The van der Waals surface area contributed by atoms with Crippen molar-refractivity contribution in [3.05, 3.63) is 65.5 Å². The van der Waals surface area contributed by atoms with Crippen molar-refractivity contribution < 1.29 is 13.6 Å². The van der Waals surface area contributed by atoms with Gasteiger partial charge in [0.2, 0.25) is 5.91 Å². The van der Waals surface area contributed by atoms with Crippen LogP contribution in [0.2, 0.25) is 0 Å². The molecule has 0 spiro atoms. The minimum atomic E-state index is -0.625. The highest BCUT2D eigenvalue weighted by molar-refractivity contribution is 5.78. The molecule has 0 saturated heterocycles. The molecule has 0 aliphatic heterocycles. The summed E-state index contributed by atoms with van der Waals surface area (Å²) in [4.78, 5) is 19.2. The van der Waals surface area contributed by atoms with Gasteiger partial charge in [-0.1, -0.05) is 19.1 Å². The van der Waals surface area contributed by atoms with E-state index in [1.54, 1.807) is 13.3 Å². The zero-order valence-corrected chi connectivity index (χ0v) is 13.1. The van der Waals surface area contributed by atoms with Crippen LogP contribution in [-0.2, 0) is 11.3 Å². The van der Waals surface area contributed by atoms with Gasteiger partial charge in [0.15, 0.2) is 0 Å². The molecule has 0 radical (unpaired) electrons. The monoisotopic (exact) mass is 329 g/mol. The fourth-order valence-electron chi connectivity index (χ4n) is 2.73. The molecule has 0 fully saturated rings. The number of carbonyl (C=O) groups is 1. The third-order valence-corrected chi connectivity index (χ3v) is 3.96. The van der Waals surface area contributed by atoms with Crippen molar-refractivity contribution in [1.29, 1.82) is 0 Å². The first-order chi connectivity index (χ1) is 11.5. The Hall–Kier alpha value is -2.76. The van der Waals surface area contributed by atoms with Gasteiger partial charge in [-0.05, 0) is 35.7 Å². The van der Waals surface area contributed by atoms with Gasteiger partial charge in [0.25, 0.3) is 0 Å². The molecule has 1 unspecified atom stereocenters. The lowest BCUT2D eigenvalue weighted by Gasteiger charge is -2.14. The molecule has 1 heterocycles. The Morgan fingerprint density at radius 3 is 2.75 bits per heavy atom. The Bertz CT molecular complexity index is 855. The predicted octanol–water partition coefficient (Wildman–Crippen LogP) is 3.65. The Balaban J connectivity index is 1.61. The van der Waals surface area contributed by atoms with E-state index >= 15 is 0 Å². The number of rotatable bonds is 5. The minimum Gasteiger partial charge on any atom is -0.352 e. The van der Waals surface area contributed by atoms with Crippen molar-refractivity contribution >= 4 is 16.9 Å². The van der Waals surface area contributed by atoms with Crippen LogP contribution in [0.5, 0.6) is 0 Å². The smallest absolute Gasteiger partial charge is 0.220 e. The second kappa shape index (κ2) is 6.78. The Labute approximate surface area is 137 Å². The summed E-state index contributed by atoms with van der Waals surface area (Å²) in [6.45, 7) is 1.98. The maximum atomic E-state index is 13.7. The maximum Gasteiger partial charge on any atom is 0.220 e. The summed E-state index contributed by atoms with van der Waals surface area (Å²) in [5, 5.41) is 2.78. The SMILES string of the molecule is CC(CC(=O)NCc1ccc2nc[nH]c2c1)c1c(F)cccc1F. The zero-order valence-electron chi connectivity index (χ0n) is 13.1. The predicted molar refractivity (Wildman–Crippen MR) is 87.3 cm³/mol. The number of fused-ring (bicyclic) bond motifs is 1. The first-order valence-electron chi connectivity index (χ1n) is 7.67. The van der Waals surface area contributed by atoms with E-state index in [9.17, 15) is 13.6 Å².